The van der Waals surface area contributed by atoms with Gasteiger partial charge in [-0.25, -0.2) is 9.69 Å². The highest BCUT2D eigenvalue weighted by Crippen LogP contribution is 2.39. The molecule has 4 aromatic rings. The van der Waals surface area contributed by atoms with Crippen LogP contribution in [0.25, 0.3) is 16.8 Å². The summed E-state index contributed by atoms with van der Waals surface area (Å²) in [5, 5.41) is 4.65. The van der Waals surface area contributed by atoms with Crippen molar-refractivity contribution in [2.45, 2.75) is 20.5 Å². The highest BCUT2D eigenvalue weighted by Gasteiger charge is 2.37. The van der Waals surface area contributed by atoms with Gasteiger partial charge in [0, 0.05) is 5.56 Å². The first-order valence-electron chi connectivity index (χ1n) is 12.9. The molecule has 1 heterocycles. The first kappa shape index (κ1) is 27.7. The number of halogens is 1. The predicted octanol–water partition coefficient (Wildman–Crippen LogP) is 6.45. The number of carbonyl (C=O) groups is 3. The molecule has 5 rings (SSSR count). The molecule has 0 saturated carbocycles. The minimum Gasteiger partial charge on any atom is -0.497 e. The molecule has 1 aliphatic heterocycles. The number of aryl methyl sites for hydroxylation is 1. The molecule has 0 atom stereocenters. The van der Waals surface area contributed by atoms with E-state index in [4.69, 9.17) is 25.8 Å². The molecule has 0 unspecified atom stereocenters. The van der Waals surface area contributed by atoms with Crippen LogP contribution in [0.1, 0.15) is 23.6 Å². The topological polar surface area (TPSA) is 94.2 Å². The Balaban J connectivity index is 1.46. The number of ether oxygens (including phenoxy) is 3. The van der Waals surface area contributed by atoms with E-state index in [1.807, 2.05) is 44.2 Å². The van der Waals surface area contributed by atoms with Crippen molar-refractivity contribution in [3.8, 4) is 17.2 Å². The van der Waals surface area contributed by atoms with Gasteiger partial charge in [-0.2, -0.15) is 0 Å². The molecule has 4 aromatic carbocycles. The van der Waals surface area contributed by atoms with Crippen LogP contribution in [-0.2, 0) is 16.2 Å². The number of hydrogen-bond acceptors (Lipinski definition) is 6. The molecule has 9 heteroatoms. The fourth-order valence-electron chi connectivity index (χ4n) is 4.65. The van der Waals surface area contributed by atoms with Crippen LogP contribution in [0.2, 0.25) is 5.02 Å². The van der Waals surface area contributed by atoms with Gasteiger partial charge in [-0.15, -0.1) is 0 Å². The number of rotatable bonds is 8. The SMILES string of the molecule is CCOc1cc(/C=C2\C(=O)NC(=O)N(c3ccc(OC)cc3)C2=O)cc(Cl)c1OCc1c(C)ccc2ccccc12. The van der Waals surface area contributed by atoms with E-state index in [1.165, 1.54) is 13.2 Å². The third-order valence-electron chi connectivity index (χ3n) is 6.71. The fraction of sp³-hybridized carbons (Fsp3) is 0.156. The number of hydrogen-bond donors (Lipinski definition) is 1. The number of benzene rings is 4. The summed E-state index contributed by atoms with van der Waals surface area (Å²) in [7, 11) is 1.51. The Bertz CT molecular complexity index is 1700. The Kier molecular flexibility index (Phi) is 7.94. The van der Waals surface area contributed by atoms with Crippen LogP contribution in [0.3, 0.4) is 0 Å². The molecule has 1 aliphatic rings. The lowest BCUT2D eigenvalue weighted by atomic mass is 10.0. The maximum absolute atomic E-state index is 13.3. The molecule has 1 N–H and O–H groups in total. The fourth-order valence-corrected chi connectivity index (χ4v) is 4.92. The van der Waals surface area contributed by atoms with Crippen molar-refractivity contribution in [3.63, 3.8) is 0 Å². The van der Waals surface area contributed by atoms with Gasteiger partial charge in [0.15, 0.2) is 11.5 Å². The molecule has 0 radical (unpaired) electrons. The van der Waals surface area contributed by atoms with Gasteiger partial charge >= 0.3 is 6.03 Å². The number of barbiturate groups is 1. The quantitative estimate of drug-likeness (QED) is 0.193. The lowest BCUT2D eigenvalue weighted by Crippen LogP contribution is -2.54. The summed E-state index contributed by atoms with van der Waals surface area (Å²) < 4.78 is 17.2. The van der Waals surface area contributed by atoms with Crippen LogP contribution in [0, 0.1) is 6.92 Å². The van der Waals surface area contributed by atoms with Gasteiger partial charge in [0.25, 0.3) is 11.8 Å². The van der Waals surface area contributed by atoms with Crippen molar-refractivity contribution in [3.05, 3.63) is 100 Å². The molecule has 4 amide bonds. The first-order chi connectivity index (χ1) is 19.8. The third-order valence-corrected chi connectivity index (χ3v) is 6.99. The van der Waals surface area contributed by atoms with Crippen molar-refractivity contribution in [2.24, 2.45) is 0 Å². The van der Waals surface area contributed by atoms with Crippen molar-refractivity contribution < 1.29 is 28.6 Å². The second kappa shape index (κ2) is 11.7. The molecule has 1 fully saturated rings. The number of carbonyl (C=O) groups excluding carboxylic acids is 3. The maximum atomic E-state index is 13.3. The van der Waals surface area contributed by atoms with Crippen molar-refractivity contribution in [1.29, 1.82) is 0 Å². The maximum Gasteiger partial charge on any atom is 0.335 e. The first-order valence-corrected chi connectivity index (χ1v) is 13.3. The van der Waals surface area contributed by atoms with E-state index >= 15 is 0 Å². The number of methoxy groups -OCH3 is 1. The smallest absolute Gasteiger partial charge is 0.335 e. The molecular weight excluding hydrogens is 544 g/mol. The summed E-state index contributed by atoms with van der Waals surface area (Å²) in [6.45, 7) is 4.44. The zero-order valence-electron chi connectivity index (χ0n) is 22.7. The van der Waals surface area contributed by atoms with E-state index in [-0.39, 0.29) is 22.9 Å². The summed E-state index contributed by atoms with van der Waals surface area (Å²) in [4.78, 5) is 39.5. The number of nitrogens with one attached hydrogen (secondary N) is 1. The second-order valence-corrected chi connectivity index (χ2v) is 9.70. The second-order valence-electron chi connectivity index (χ2n) is 9.29. The van der Waals surface area contributed by atoms with Crippen molar-refractivity contribution >= 4 is 52.0 Å². The number of nitrogens with zero attached hydrogens (tertiary/aromatic N) is 1. The molecule has 0 bridgehead atoms. The van der Waals surface area contributed by atoms with E-state index in [2.05, 4.69) is 11.4 Å². The standard InChI is InChI=1S/C32H27ClN2O6/c1-4-40-28-17-20(15-25-30(36)34-32(38)35(31(25)37)22-11-13-23(39-3)14-12-22)16-27(33)29(28)41-18-26-19(2)9-10-21-7-5-6-8-24(21)26/h5-17H,4,18H2,1-3H3,(H,34,36,38)/b25-15+. The highest BCUT2D eigenvalue weighted by atomic mass is 35.5. The van der Waals surface area contributed by atoms with Gasteiger partial charge in [-0.1, -0.05) is 48.0 Å². The van der Waals surface area contributed by atoms with Crippen LogP contribution >= 0.6 is 11.6 Å². The number of anilines is 1. The van der Waals surface area contributed by atoms with E-state index in [9.17, 15) is 14.4 Å². The van der Waals surface area contributed by atoms with Crippen LogP contribution in [0.15, 0.2) is 78.4 Å². The molecule has 0 aliphatic carbocycles. The Morgan fingerprint density at radius 3 is 2.44 bits per heavy atom. The highest BCUT2D eigenvalue weighted by molar-refractivity contribution is 6.39. The average molecular weight is 571 g/mol. The van der Waals surface area contributed by atoms with E-state index in [0.29, 0.717) is 29.4 Å². The minimum atomic E-state index is -0.845. The zero-order chi connectivity index (χ0) is 29.1. The van der Waals surface area contributed by atoms with Crippen LogP contribution < -0.4 is 24.4 Å². The normalized spacial score (nSPS) is 14.4. The van der Waals surface area contributed by atoms with E-state index < -0.39 is 17.8 Å². The molecule has 208 valence electrons. The van der Waals surface area contributed by atoms with Crippen LogP contribution in [0.5, 0.6) is 17.2 Å². The van der Waals surface area contributed by atoms with Gasteiger partial charge in [-0.3, -0.25) is 14.9 Å². The lowest BCUT2D eigenvalue weighted by Gasteiger charge is -2.26. The Labute approximate surface area is 242 Å². The van der Waals surface area contributed by atoms with Crippen molar-refractivity contribution in [1.82, 2.24) is 5.32 Å². The summed E-state index contributed by atoms with van der Waals surface area (Å²) in [6, 6.07) is 20.9. The number of imide groups is 2. The van der Waals surface area contributed by atoms with Gasteiger partial charge in [-0.05, 0) is 78.2 Å². The average Bonchev–Trinajstić information content (AvgIpc) is 2.96. The number of urea groups is 1. The molecule has 8 nitrogen and oxygen atoms in total. The number of fused-ring (bicyclic) bond motifs is 1. The Hall–Kier alpha value is -4.82. The van der Waals surface area contributed by atoms with Gasteiger partial charge in [0.05, 0.1) is 24.4 Å². The molecule has 0 aromatic heterocycles. The third kappa shape index (κ3) is 5.60. The van der Waals surface area contributed by atoms with Gasteiger partial charge in [0.2, 0.25) is 0 Å². The zero-order valence-corrected chi connectivity index (χ0v) is 23.5. The Morgan fingerprint density at radius 1 is 0.951 bits per heavy atom. The van der Waals surface area contributed by atoms with Crippen LogP contribution in [0.4, 0.5) is 10.5 Å². The molecular formula is C32H27ClN2O6. The summed E-state index contributed by atoms with van der Waals surface area (Å²) in [6.07, 6.45) is 1.37. The van der Waals surface area contributed by atoms with Crippen molar-refractivity contribution in [2.75, 3.05) is 18.6 Å². The largest absolute Gasteiger partial charge is 0.497 e. The van der Waals surface area contributed by atoms with E-state index in [0.717, 1.165) is 26.8 Å². The molecule has 0 spiro atoms. The van der Waals surface area contributed by atoms with Crippen LogP contribution in [-0.4, -0.2) is 31.6 Å². The van der Waals surface area contributed by atoms with Gasteiger partial charge < -0.3 is 14.2 Å². The summed E-state index contributed by atoms with van der Waals surface area (Å²) in [5.74, 6) is -0.328. The summed E-state index contributed by atoms with van der Waals surface area (Å²) in [5.41, 5.74) is 2.58. The minimum absolute atomic E-state index is 0.237. The Morgan fingerprint density at radius 2 is 1.71 bits per heavy atom. The van der Waals surface area contributed by atoms with E-state index in [1.54, 1.807) is 36.4 Å². The monoisotopic (exact) mass is 570 g/mol. The predicted molar refractivity (Wildman–Crippen MR) is 158 cm³/mol. The number of amides is 4. The molecule has 41 heavy (non-hydrogen) atoms. The van der Waals surface area contributed by atoms with Gasteiger partial charge in [0.1, 0.15) is 17.9 Å². The lowest BCUT2D eigenvalue weighted by molar-refractivity contribution is -0.122. The molecule has 1 saturated heterocycles. The summed E-state index contributed by atoms with van der Waals surface area (Å²) >= 11 is 6.67.